The highest BCUT2D eigenvalue weighted by molar-refractivity contribution is 5.87. The number of fused-ring (bicyclic) bond motifs is 16. The van der Waals surface area contributed by atoms with Gasteiger partial charge in [-0.1, -0.05) is 53.2 Å². The molecule has 4 saturated heterocycles. The molecule has 5 saturated carbocycles. The average Bonchev–Trinajstić information content (AvgIpc) is 3.94. The van der Waals surface area contributed by atoms with Gasteiger partial charge in [0, 0.05) is 53.8 Å². The molecule has 13 rings (SSSR count). The Hall–Kier alpha value is -1.83. The van der Waals surface area contributed by atoms with Crippen LogP contribution >= 0.6 is 0 Å². The van der Waals surface area contributed by atoms with E-state index in [4.69, 9.17) is 28.9 Å². The van der Waals surface area contributed by atoms with Gasteiger partial charge in [0.2, 0.25) is 0 Å². The summed E-state index contributed by atoms with van der Waals surface area (Å²) in [5, 5.41) is 48.4. The van der Waals surface area contributed by atoms with E-state index in [0.717, 1.165) is 86.1 Å². The summed E-state index contributed by atoms with van der Waals surface area (Å²) in [7, 11) is 0. The average molecular weight is 897 g/mol. The molecule has 9 fully saturated rings. The molecule has 12 aliphatic rings. The molecular weight excluding hydrogens is 821 g/mol. The van der Waals surface area contributed by atoms with Gasteiger partial charge < -0.3 is 39.4 Å². The summed E-state index contributed by atoms with van der Waals surface area (Å²) >= 11 is 0. The molecule has 1 unspecified atom stereocenters. The summed E-state index contributed by atoms with van der Waals surface area (Å²) in [6.07, 6.45) is 11.1. The minimum atomic E-state index is -1.43. The Bertz CT molecular complexity index is 2290. The van der Waals surface area contributed by atoms with E-state index in [1.807, 2.05) is 19.9 Å². The fraction of sp³-hybridized carbons (Fsp3) is 0.870. The van der Waals surface area contributed by atoms with Gasteiger partial charge in [0.25, 0.3) is 0 Å². The third-order valence-corrected chi connectivity index (χ3v) is 23.4. The van der Waals surface area contributed by atoms with Crippen molar-refractivity contribution in [3.05, 3.63) is 34.4 Å². The zero-order valence-electron chi connectivity index (χ0n) is 40.5. The first-order valence-corrected chi connectivity index (χ1v) is 26.1. The molecule has 0 radical (unpaired) electrons. The van der Waals surface area contributed by atoms with Crippen molar-refractivity contribution in [3.8, 4) is 0 Å². The van der Waals surface area contributed by atoms with Crippen molar-refractivity contribution >= 4 is 5.78 Å². The minimum absolute atomic E-state index is 0.0102. The number of aliphatic hydroxyl groups is 4. The molecule has 4 N–H and O–H groups in total. The Balaban J connectivity index is 0.768. The highest BCUT2D eigenvalue weighted by atomic mass is 16.7. The van der Waals surface area contributed by atoms with Gasteiger partial charge in [-0.3, -0.25) is 14.8 Å². The van der Waals surface area contributed by atoms with E-state index in [1.54, 1.807) is 6.92 Å². The summed E-state index contributed by atoms with van der Waals surface area (Å²) in [5.41, 5.74) is 1.13. The van der Waals surface area contributed by atoms with Gasteiger partial charge in [0.15, 0.2) is 11.6 Å². The molecule has 1 aromatic rings. The Morgan fingerprint density at radius 1 is 0.723 bits per heavy atom. The van der Waals surface area contributed by atoms with E-state index in [2.05, 4.69) is 41.5 Å². The summed E-state index contributed by atoms with van der Waals surface area (Å²) in [4.78, 5) is 26.0. The van der Waals surface area contributed by atoms with E-state index in [1.165, 1.54) is 0 Å². The number of carbonyl (C=O) groups excluding carboxylic acids is 1. The van der Waals surface area contributed by atoms with Crippen LogP contribution in [0, 0.1) is 80.8 Å². The SMILES string of the molecule is C[C@@H]1[C@@]2(CC[C@](C)(O)CO2)O[C@H]2C=C3[C@@H]4[C@@H](O)C[C@H]5Cc6nc7c(nc6C[C@]5(C)[C@H]4C[C@@H](O)[C@]3(C)[C@]21O)C[C@@H]1CC[C@H]2[C@H]3C[C@@H]4OC5(CCC(C)(C)O5)[C@@H](C)[C@@H]4[C@@]3(C)C(=O)C[C@@H]2[C@@]1(C)C7. The number of ketones is 1. The summed E-state index contributed by atoms with van der Waals surface area (Å²) < 4.78 is 26.7. The zero-order valence-corrected chi connectivity index (χ0v) is 40.5. The van der Waals surface area contributed by atoms with E-state index in [0.29, 0.717) is 61.6 Å². The maximum absolute atomic E-state index is 14.9. The van der Waals surface area contributed by atoms with Crippen LogP contribution in [0.2, 0.25) is 0 Å². The monoisotopic (exact) mass is 897 g/mol. The van der Waals surface area contributed by atoms with Crippen LogP contribution in [0.5, 0.6) is 0 Å². The van der Waals surface area contributed by atoms with Crippen molar-refractivity contribution < 1.29 is 44.2 Å². The van der Waals surface area contributed by atoms with Crippen LogP contribution in [0.15, 0.2) is 11.6 Å². The lowest BCUT2D eigenvalue weighted by Gasteiger charge is -2.62. The van der Waals surface area contributed by atoms with E-state index in [-0.39, 0.29) is 64.1 Å². The molecule has 356 valence electrons. The van der Waals surface area contributed by atoms with E-state index >= 15 is 0 Å². The minimum Gasteiger partial charge on any atom is -0.392 e. The summed E-state index contributed by atoms with van der Waals surface area (Å²) in [5.74, 6) is 0.346. The number of aromatic nitrogens is 2. The Kier molecular flexibility index (Phi) is 8.59. The molecule has 22 atom stereocenters. The van der Waals surface area contributed by atoms with Gasteiger partial charge >= 0.3 is 0 Å². The van der Waals surface area contributed by atoms with Gasteiger partial charge in [-0.05, 0) is 138 Å². The smallest absolute Gasteiger partial charge is 0.174 e. The van der Waals surface area contributed by atoms with Gasteiger partial charge in [0.1, 0.15) is 17.5 Å². The lowest BCUT2D eigenvalue weighted by molar-refractivity contribution is -0.289. The van der Waals surface area contributed by atoms with E-state index in [9.17, 15) is 25.2 Å². The quantitative estimate of drug-likeness (QED) is 0.208. The second-order valence-corrected chi connectivity index (χ2v) is 26.6. The number of carbonyl (C=O) groups is 1. The lowest BCUT2D eigenvalue weighted by atomic mass is 9.43. The summed E-state index contributed by atoms with van der Waals surface area (Å²) in [6, 6.07) is 0. The van der Waals surface area contributed by atoms with Gasteiger partial charge in [-0.25, -0.2) is 0 Å². The Morgan fingerprint density at radius 3 is 2.06 bits per heavy atom. The molecule has 11 nitrogen and oxygen atoms in total. The van der Waals surface area contributed by atoms with Crippen LogP contribution < -0.4 is 0 Å². The standard InChI is InChI=1S/C54H76N2O9/c1-26-45-40(63-52(26)14-12-46(3,4)65-52)19-32-30-11-10-28-16-35-37(23-48(28,6)31(30)20-41(58)50(32,45)8)56-36-17-29-18-39(57)44-33(49(29,7)24-38(36)55-35)21-42(59)51(9)34(44)22-43-54(51,61)27(2)53(64-43)15-13-47(5,60)25-62-53/h22,26-33,39-40,42-45,57,59-61H,10-21,23-25H2,1-9H3/t26-,27+,28-,29+,30+,31-,32+,33-,39-,40-,42+,43-,44+,45-,47-,48-,49-,50+,51+,52?,53+,54+/m0/s1. The first-order valence-electron chi connectivity index (χ1n) is 26.1. The van der Waals surface area contributed by atoms with Crippen LogP contribution in [0.4, 0.5) is 0 Å². The number of ether oxygens (including phenoxy) is 4. The molecule has 4 aliphatic heterocycles. The van der Waals surface area contributed by atoms with Crippen molar-refractivity contribution in [3.63, 3.8) is 0 Å². The molecule has 5 heterocycles. The van der Waals surface area contributed by atoms with Gasteiger partial charge in [-0.15, -0.1) is 0 Å². The van der Waals surface area contributed by atoms with Crippen LogP contribution in [-0.4, -0.2) is 95.6 Å². The topological polar surface area (TPSA) is 161 Å². The number of Topliss-reactive ketones (excluding diaryl/α,β-unsaturated/α-hetero) is 1. The number of rotatable bonds is 0. The molecule has 0 bridgehead atoms. The predicted octanol–water partition coefficient (Wildman–Crippen LogP) is 6.61. The van der Waals surface area contributed by atoms with Crippen molar-refractivity contribution in [2.75, 3.05) is 6.61 Å². The zero-order chi connectivity index (χ0) is 45.6. The first kappa shape index (κ1) is 43.2. The van der Waals surface area contributed by atoms with Crippen LogP contribution in [-0.2, 0) is 49.4 Å². The molecule has 1 aromatic heterocycles. The first-order chi connectivity index (χ1) is 30.4. The molecule has 11 heteroatoms. The third-order valence-electron chi connectivity index (χ3n) is 23.4. The number of aliphatic hydroxyl groups excluding tert-OH is 2. The van der Waals surface area contributed by atoms with Crippen LogP contribution in [0.1, 0.15) is 149 Å². The molecule has 65 heavy (non-hydrogen) atoms. The Morgan fingerprint density at radius 2 is 1.40 bits per heavy atom. The molecule has 2 spiro atoms. The van der Waals surface area contributed by atoms with Crippen molar-refractivity contribution in [2.45, 2.75) is 205 Å². The normalized spacial score (nSPS) is 58.7. The second-order valence-electron chi connectivity index (χ2n) is 26.6. The number of nitrogens with zero attached hydrogens (tertiary/aromatic N) is 2. The fourth-order valence-electron chi connectivity index (χ4n) is 19.6. The Labute approximate surface area is 385 Å². The molecule has 0 aromatic carbocycles. The highest BCUT2D eigenvalue weighted by Gasteiger charge is 2.78. The molecule has 0 amide bonds. The van der Waals surface area contributed by atoms with E-state index < -0.39 is 52.4 Å². The van der Waals surface area contributed by atoms with Crippen LogP contribution in [0.25, 0.3) is 0 Å². The summed E-state index contributed by atoms with van der Waals surface area (Å²) in [6.45, 7) is 19.7. The third kappa shape index (κ3) is 5.14. The fourth-order valence-corrected chi connectivity index (χ4v) is 19.6. The lowest BCUT2D eigenvalue weighted by Crippen LogP contribution is -2.66. The van der Waals surface area contributed by atoms with Gasteiger partial charge in [0.05, 0.1) is 58.9 Å². The predicted molar refractivity (Wildman–Crippen MR) is 239 cm³/mol. The number of hydrogen-bond acceptors (Lipinski definition) is 11. The maximum atomic E-state index is 14.9. The largest absolute Gasteiger partial charge is 0.392 e. The second kappa shape index (κ2) is 12.9. The maximum Gasteiger partial charge on any atom is 0.174 e. The van der Waals surface area contributed by atoms with Crippen molar-refractivity contribution in [1.82, 2.24) is 9.97 Å². The molecular formula is C54H76N2O9. The number of hydrogen-bond donors (Lipinski definition) is 4. The highest BCUT2D eigenvalue weighted by Crippen LogP contribution is 2.73. The van der Waals surface area contributed by atoms with Gasteiger partial charge in [-0.2, -0.15) is 0 Å². The van der Waals surface area contributed by atoms with Crippen molar-refractivity contribution in [1.29, 1.82) is 0 Å². The van der Waals surface area contributed by atoms with Crippen molar-refractivity contribution in [2.24, 2.45) is 80.8 Å². The molecule has 8 aliphatic carbocycles. The van der Waals surface area contributed by atoms with Crippen LogP contribution in [0.3, 0.4) is 0 Å².